The van der Waals surface area contributed by atoms with Crippen molar-refractivity contribution in [3.05, 3.63) is 71.8 Å². The van der Waals surface area contributed by atoms with E-state index in [4.69, 9.17) is 15.2 Å². The number of rotatable bonds is 12. The molecule has 2 atom stereocenters. The van der Waals surface area contributed by atoms with Crippen molar-refractivity contribution in [3.63, 3.8) is 0 Å². The molecule has 0 aromatic heterocycles. The van der Waals surface area contributed by atoms with Crippen molar-refractivity contribution >= 4 is 29.8 Å². The third-order valence-corrected chi connectivity index (χ3v) is 5.21. The zero-order chi connectivity index (χ0) is 27.4. The fourth-order valence-electron chi connectivity index (χ4n) is 2.98. The van der Waals surface area contributed by atoms with Crippen LogP contribution in [0.2, 0.25) is 0 Å². The van der Waals surface area contributed by atoms with E-state index in [1.54, 1.807) is 48.5 Å². The molecule has 0 unspecified atom stereocenters. The Morgan fingerprint density at radius 2 is 1.35 bits per heavy atom. The number of nitrogens with one attached hydrogen (secondary N) is 3. The van der Waals surface area contributed by atoms with Crippen molar-refractivity contribution < 1.29 is 33.4 Å². The van der Waals surface area contributed by atoms with E-state index in [-0.39, 0.29) is 13.2 Å². The Morgan fingerprint density at radius 1 is 0.838 bits per heavy atom. The smallest absolute Gasteiger partial charge is 0.408 e. The second kappa shape index (κ2) is 13.6. The van der Waals surface area contributed by atoms with Crippen molar-refractivity contribution in [1.29, 1.82) is 0 Å². The molecular weight excluding hydrogens is 480 g/mol. The van der Waals surface area contributed by atoms with Crippen molar-refractivity contribution in [2.45, 2.75) is 58.0 Å². The Hall–Kier alpha value is -4.41. The lowest BCUT2D eigenvalue weighted by Gasteiger charge is -2.28. The molecule has 0 aliphatic rings. The highest BCUT2D eigenvalue weighted by molar-refractivity contribution is 5.96. The third kappa shape index (κ3) is 10.0. The molecule has 11 heteroatoms. The number of primary amides is 1. The average Bonchev–Trinajstić information content (AvgIpc) is 2.86. The van der Waals surface area contributed by atoms with Gasteiger partial charge >= 0.3 is 12.1 Å². The lowest BCUT2D eigenvalue weighted by atomic mass is 10.0. The summed E-state index contributed by atoms with van der Waals surface area (Å²) in [6.45, 7) is 4.11. The van der Waals surface area contributed by atoms with Crippen LogP contribution in [0.5, 0.6) is 0 Å². The SMILES string of the molecule is C[C@@H](NC(=O)C(C)(C)NC(=O)[C@H](CC(=O)OCc1ccccc1)NC(=O)OCc1ccccc1)C(N)=O. The van der Waals surface area contributed by atoms with E-state index in [9.17, 15) is 24.0 Å². The van der Waals surface area contributed by atoms with Crippen molar-refractivity contribution in [2.75, 3.05) is 0 Å². The lowest BCUT2D eigenvalue weighted by Crippen LogP contribution is -2.61. The van der Waals surface area contributed by atoms with E-state index >= 15 is 0 Å². The van der Waals surface area contributed by atoms with Crippen LogP contribution in [0.1, 0.15) is 38.3 Å². The molecule has 0 fully saturated rings. The summed E-state index contributed by atoms with van der Waals surface area (Å²) in [5, 5.41) is 7.22. The van der Waals surface area contributed by atoms with E-state index in [0.717, 1.165) is 11.1 Å². The Kier molecular flexibility index (Phi) is 10.6. The molecule has 0 aliphatic heterocycles. The van der Waals surface area contributed by atoms with Crippen LogP contribution < -0.4 is 21.7 Å². The lowest BCUT2D eigenvalue weighted by molar-refractivity contribution is -0.147. The largest absolute Gasteiger partial charge is 0.461 e. The number of carbonyl (C=O) groups is 5. The molecule has 11 nitrogen and oxygen atoms in total. The molecule has 0 bridgehead atoms. The van der Waals surface area contributed by atoms with E-state index in [0.29, 0.717) is 0 Å². The monoisotopic (exact) mass is 512 g/mol. The van der Waals surface area contributed by atoms with Crippen LogP contribution in [0, 0.1) is 0 Å². The minimum atomic E-state index is -1.51. The van der Waals surface area contributed by atoms with Crippen LogP contribution in [0.15, 0.2) is 60.7 Å². The van der Waals surface area contributed by atoms with Gasteiger partial charge in [0.1, 0.15) is 30.8 Å². The maximum atomic E-state index is 13.0. The minimum absolute atomic E-state index is 0.0224. The summed E-state index contributed by atoms with van der Waals surface area (Å²) in [6, 6.07) is 15.4. The van der Waals surface area contributed by atoms with Crippen LogP contribution in [0.25, 0.3) is 0 Å². The van der Waals surface area contributed by atoms with Gasteiger partial charge in [0.15, 0.2) is 0 Å². The second-order valence-electron chi connectivity index (χ2n) is 8.82. The van der Waals surface area contributed by atoms with E-state index in [1.165, 1.54) is 20.8 Å². The first-order chi connectivity index (χ1) is 17.5. The summed E-state index contributed by atoms with van der Waals surface area (Å²) in [5.41, 5.74) is 5.13. The Labute approximate surface area is 215 Å². The minimum Gasteiger partial charge on any atom is -0.461 e. The topological polar surface area (TPSA) is 166 Å². The molecule has 0 saturated carbocycles. The maximum Gasteiger partial charge on any atom is 0.408 e. The van der Waals surface area contributed by atoms with Crippen LogP contribution in [-0.4, -0.2) is 47.4 Å². The van der Waals surface area contributed by atoms with Gasteiger partial charge in [0.25, 0.3) is 0 Å². The van der Waals surface area contributed by atoms with Gasteiger partial charge in [0, 0.05) is 0 Å². The number of hydrogen-bond donors (Lipinski definition) is 4. The van der Waals surface area contributed by atoms with E-state index in [1.807, 2.05) is 12.1 Å². The summed E-state index contributed by atoms with van der Waals surface area (Å²) >= 11 is 0. The maximum absolute atomic E-state index is 13.0. The molecule has 0 heterocycles. The fourth-order valence-corrected chi connectivity index (χ4v) is 2.98. The van der Waals surface area contributed by atoms with E-state index in [2.05, 4.69) is 16.0 Å². The first kappa shape index (κ1) is 28.8. The summed E-state index contributed by atoms with van der Waals surface area (Å²) in [6.07, 6.45) is -1.46. The molecule has 2 rings (SSSR count). The Balaban J connectivity index is 2.06. The average molecular weight is 513 g/mol. The molecule has 0 spiro atoms. The van der Waals surface area contributed by atoms with Gasteiger partial charge in [-0.15, -0.1) is 0 Å². The number of alkyl carbamates (subject to hydrolysis) is 1. The zero-order valence-corrected chi connectivity index (χ0v) is 21.0. The molecule has 198 valence electrons. The fraction of sp³-hybridized carbons (Fsp3) is 0.346. The normalized spacial score (nSPS) is 12.4. The van der Waals surface area contributed by atoms with Gasteiger partial charge in [-0.1, -0.05) is 60.7 Å². The van der Waals surface area contributed by atoms with E-state index < -0.39 is 53.8 Å². The Morgan fingerprint density at radius 3 is 1.86 bits per heavy atom. The quantitative estimate of drug-likeness (QED) is 0.311. The van der Waals surface area contributed by atoms with Crippen LogP contribution in [0.4, 0.5) is 4.79 Å². The van der Waals surface area contributed by atoms with Crippen molar-refractivity contribution in [1.82, 2.24) is 16.0 Å². The predicted octanol–water partition coefficient (Wildman–Crippen LogP) is 1.30. The number of benzene rings is 2. The molecule has 0 radical (unpaired) electrons. The number of amides is 4. The summed E-state index contributed by atoms with van der Waals surface area (Å²) in [7, 11) is 0. The first-order valence-electron chi connectivity index (χ1n) is 11.6. The highest BCUT2D eigenvalue weighted by Crippen LogP contribution is 2.08. The third-order valence-electron chi connectivity index (χ3n) is 5.21. The van der Waals surface area contributed by atoms with Gasteiger partial charge in [-0.2, -0.15) is 0 Å². The standard InChI is InChI=1S/C26H32N4O7/c1-17(22(27)32)28-24(34)26(2,3)30-23(33)20(14-21(31)36-15-18-10-6-4-7-11-18)29-25(35)37-16-19-12-8-5-9-13-19/h4-13,17,20H,14-16H2,1-3H3,(H2,27,32)(H,28,34)(H,29,35)(H,30,33)/t17-,20+/m1/s1. The van der Waals surface area contributed by atoms with Gasteiger partial charge in [0.2, 0.25) is 17.7 Å². The van der Waals surface area contributed by atoms with Gasteiger partial charge in [-0.3, -0.25) is 19.2 Å². The highest BCUT2D eigenvalue weighted by atomic mass is 16.5. The van der Waals surface area contributed by atoms with Gasteiger partial charge in [-0.05, 0) is 31.9 Å². The molecule has 2 aromatic rings. The molecule has 37 heavy (non-hydrogen) atoms. The zero-order valence-electron chi connectivity index (χ0n) is 21.0. The molecule has 2 aromatic carbocycles. The number of carbonyl (C=O) groups excluding carboxylic acids is 5. The highest BCUT2D eigenvalue weighted by Gasteiger charge is 2.35. The first-order valence-corrected chi connectivity index (χ1v) is 11.6. The number of nitrogens with two attached hydrogens (primary N) is 1. The summed E-state index contributed by atoms with van der Waals surface area (Å²) in [5.74, 6) is -3.03. The predicted molar refractivity (Wildman–Crippen MR) is 133 cm³/mol. The molecule has 0 saturated heterocycles. The Bertz CT molecular complexity index is 1030. The van der Waals surface area contributed by atoms with Gasteiger partial charge in [0.05, 0.1) is 6.42 Å². The number of esters is 1. The molecule has 0 aliphatic carbocycles. The summed E-state index contributed by atoms with van der Waals surface area (Å²) < 4.78 is 10.4. The van der Waals surface area contributed by atoms with Crippen LogP contribution in [0.3, 0.4) is 0 Å². The van der Waals surface area contributed by atoms with Gasteiger partial charge in [-0.25, -0.2) is 4.79 Å². The van der Waals surface area contributed by atoms with Crippen LogP contribution >= 0.6 is 0 Å². The van der Waals surface area contributed by atoms with Crippen molar-refractivity contribution in [3.8, 4) is 0 Å². The molecule has 4 amide bonds. The number of hydrogen-bond acceptors (Lipinski definition) is 7. The second-order valence-corrected chi connectivity index (χ2v) is 8.82. The number of ether oxygens (including phenoxy) is 2. The molecule has 5 N–H and O–H groups in total. The molecular formula is C26H32N4O7. The summed E-state index contributed by atoms with van der Waals surface area (Å²) in [4.78, 5) is 61.8. The van der Waals surface area contributed by atoms with Gasteiger partial charge < -0.3 is 31.2 Å². The van der Waals surface area contributed by atoms with Crippen molar-refractivity contribution in [2.24, 2.45) is 5.73 Å². The van der Waals surface area contributed by atoms with Crippen LogP contribution in [-0.2, 0) is 41.9 Å².